The van der Waals surface area contributed by atoms with Crippen LogP contribution in [0.15, 0.2) is 18.2 Å². The van der Waals surface area contributed by atoms with Gasteiger partial charge in [-0.15, -0.1) is 0 Å². The molecule has 1 atom stereocenters. The second-order valence-electron chi connectivity index (χ2n) is 3.67. The van der Waals surface area contributed by atoms with Gasteiger partial charge < -0.3 is 20.5 Å². The quantitative estimate of drug-likeness (QED) is 0.721. The first kappa shape index (κ1) is 11.4. The number of para-hydroxylation sites is 1. The lowest BCUT2D eigenvalue weighted by Crippen LogP contribution is -2.42. The highest BCUT2D eigenvalue weighted by Crippen LogP contribution is 2.30. The monoisotopic (exact) mass is 236 g/mol. The number of carboxylic acid groups (broad SMARTS) is 1. The zero-order valence-corrected chi connectivity index (χ0v) is 9.19. The molecular formula is C11H12N2O4. The Kier molecular flexibility index (Phi) is 2.97. The zero-order chi connectivity index (χ0) is 12.4. The molecule has 1 aliphatic heterocycles. The second kappa shape index (κ2) is 4.42. The Hall–Kier alpha value is -2.08. The van der Waals surface area contributed by atoms with Gasteiger partial charge in [0.1, 0.15) is 6.04 Å². The fourth-order valence-corrected chi connectivity index (χ4v) is 1.73. The summed E-state index contributed by atoms with van der Waals surface area (Å²) in [5.74, 6) is -1.37. The average molecular weight is 236 g/mol. The van der Waals surface area contributed by atoms with Crippen molar-refractivity contribution in [2.24, 2.45) is 0 Å². The lowest BCUT2D eigenvalue weighted by Gasteiger charge is -2.27. The predicted octanol–water partition coefficient (Wildman–Crippen LogP) is 0.764. The summed E-state index contributed by atoms with van der Waals surface area (Å²) in [5.41, 5.74) is 0.961. The number of carboxylic acids is 1. The van der Waals surface area contributed by atoms with Crippen molar-refractivity contribution in [1.29, 1.82) is 0 Å². The Bertz CT molecular complexity index is 473. The van der Waals surface area contributed by atoms with Crippen molar-refractivity contribution in [3.8, 4) is 0 Å². The summed E-state index contributed by atoms with van der Waals surface area (Å²) in [6.45, 7) is 0.225. The molecule has 2 rings (SSSR count). The smallest absolute Gasteiger partial charge is 0.337 e. The van der Waals surface area contributed by atoms with Crippen LogP contribution in [0.25, 0.3) is 0 Å². The van der Waals surface area contributed by atoms with Crippen LogP contribution in [-0.2, 0) is 9.53 Å². The van der Waals surface area contributed by atoms with Gasteiger partial charge in [-0.1, -0.05) is 6.07 Å². The Labute approximate surface area is 97.6 Å². The summed E-state index contributed by atoms with van der Waals surface area (Å²) >= 11 is 0. The summed E-state index contributed by atoms with van der Waals surface area (Å²) in [4.78, 5) is 22.7. The first-order valence-electron chi connectivity index (χ1n) is 5.06. The minimum absolute atomic E-state index is 0.0687. The van der Waals surface area contributed by atoms with Crippen LogP contribution in [0.1, 0.15) is 10.4 Å². The minimum atomic E-state index is -1.07. The average Bonchev–Trinajstić information content (AvgIpc) is 2.29. The van der Waals surface area contributed by atoms with E-state index < -0.39 is 12.0 Å². The molecule has 6 nitrogen and oxygen atoms in total. The van der Waals surface area contributed by atoms with E-state index in [1.54, 1.807) is 12.1 Å². The number of amides is 1. The van der Waals surface area contributed by atoms with Crippen LogP contribution in [0.4, 0.5) is 11.4 Å². The molecule has 0 aliphatic carbocycles. The summed E-state index contributed by atoms with van der Waals surface area (Å²) < 4.78 is 4.90. The van der Waals surface area contributed by atoms with E-state index in [1.165, 1.54) is 13.2 Å². The predicted molar refractivity (Wildman–Crippen MR) is 61.3 cm³/mol. The molecule has 3 N–H and O–H groups in total. The third kappa shape index (κ3) is 2.07. The zero-order valence-electron chi connectivity index (χ0n) is 9.19. The molecule has 0 saturated carbocycles. The van der Waals surface area contributed by atoms with Gasteiger partial charge in [0.2, 0.25) is 5.91 Å². The van der Waals surface area contributed by atoms with Crippen LogP contribution in [0, 0.1) is 0 Å². The molecule has 0 aromatic heterocycles. The number of anilines is 2. The highest BCUT2D eigenvalue weighted by atomic mass is 16.5. The van der Waals surface area contributed by atoms with Crippen molar-refractivity contribution >= 4 is 23.3 Å². The molecule has 1 heterocycles. The van der Waals surface area contributed by atoms with Gasteiger partial charge >= 0.3 is 5.97 Å². The number of rotatable bonds is 3. The Morgan fingerprint density at radius 3 is 2.94 bits per heavy atom. The molecule has 1 aromatic carbocycles. The molecule has 17 heavy (non-hydrogen) atoms. The van der Waals surface area contributed by atoms with E-state index >= 15 is 0 Å². The first-order valence-corrected chi connectivity index (χ1v) is 5.06. The van der Waals surface area contributed by atoms with Crippen LogP contribution in [0.3, 0.4) is 0 Å². The van der Waals surface area contributed by atoms with Gasteiger partial charge in [0.15, 0.2) is 0 Å². The van der Waals surface area contributed by atoms with E-state index in [9.17, 15) is 9.59 Å². The van der Waals surface area contributed by atoms with Crippen LogP contribution in [-0.4, -0.2) is 36.7 Å². The summed E-state index contributed by atoms with van der Waals surface area (Å²) in [7, 11) is 1.50. The maximum atomic E-state index is 11.7. The normalized spacial score (nSPS) is 17.9. The molecule has 0 fully saturated rings. The summed E-state index contributed by atoms with van der Waals surface area (Å²) in [6, 6.07) is 4.27. The number of aromatic carboxylic acids is 1. The highest BCUT2D eigenvalue weighted by molar-refractivity contribution is 6.09. The van der Waals surface area contributed by atoms with Crippen LogP contribution in [0.2, 0.25) is 0 Å². The first-order chi connectivity index (χ1) is 8.13. The number of methoxy groups -OCH3 is 1. The van der Waals surface area contributed by atoms with Crippen molar-refractivity contribution < 1.29 is 19.4 Å². The molecule has 0 saturated heterocycles. The maximum Gasteiger partial charge on any atom is 0.337 e. The molecule has 1 aromatic rings. The second-order valence-corrected chi connectivity index (χ2v) is 3.67. The van der Waals surface area contributed by atoms with Crippen molar-refractivity contribution in [1.82, 2.24) is 0 Å². The fraction of sp³-hybridized carbons (Fsp3) is 0.273. The van der Waals surface area contributed by atoms with Crippen molar-refractivity contribution in [3.05, 3.63) is 23.8 Å². The number of nitrogens with one attached hydrogen (secondary N) is 2. The summed E-state index contributed by atoms with van der Waals surface area (Å²) in [5, 5.41) is 14.5. The minimum Gasteiger partial charge on any atom is -0.478 e. The largest absolute Gasteiger partial charge is 0.478 e. The molecule has 1 unspecified atom stereocenters. The third-order valence-electron chi connectivity index (χ3n) is 2.52. The SMILES string of the molecule is COCC1Nc2cccc(C(=O)O)c2NC1=O. The topological polar surface area (TPSA) is 87.7 Å². The van der Waals surface area contributed by atoms with Crippen molar-refractivity contribution in [2.45, 2.75) is 6.04 Å². The van der Waals surface area contributed by atoms with E-state index in [-0.39, 0.29) is 18.1 Å². The van der Waals surface area contributed by atoms with Gasteiger partial charge in [-0.3, -0.25) is 4.79 Å². The molecular weight excluding hydrogens is 224 g/mol. The van der Waals surface area contributed by atoms with E-state index in [2.05, 4.69) is 10.6 Å². The Balaban J connectivity index is 2.37. The number of carbonyl (C=O) groups is 2. The molecule has 90 valence electrons. The molecule has 0 spiro atoms. The number of hydrogen-bond donors (Lipinski definition) is 3. The van der Waals surface area contributed by atoms with E-state index in [0.29, 0.717) is 11.4 Å². The Morgan fingerprint density at radius 1 is 1.53 bits per heavy atom. The van der Waals surface area contributed by atoms with Gasteiger partial charge in [0.25, 0.3) is 0 Å². The van der Waals surface area contributed by atoms with Gasteiger partial charge in [0.05, 0.1) is 23.5 Å². The third-order valence-corrected chi connectivity index (χ3v) is 2.52. The number of benzene rings is 1. The van der Waals surface area contributed by atoms with Gasteiger partial charge in [0, 0.05) is 7.11 Å². The van der Waals surface area contributed by atoms with Crippen LogP contribution >= 0.6 is 0 Å². The lowest BCUT2D eigenvalue weighted by molar-refractivity contribution is -0.118. The van der Waals surface area contributed by atoms with Gasteiger partial charge in [-0.2, -0.15) is 0 Å². The van der Waals surface area contributed by atoms with Gasteiger partial charge in [-0.25, -0.2) is 4.79 Å². The van der Waals surface area contributed by atoms with Crippen LogP contribution in [0.5, 0.6) is 0 Å². The fourth-order valence-electron chi connectivity index (χ4n) is 1.73. The number of hydrogen-bond acceptors (Lipinski definition) is 4. The van der Waals surface area contributed by atoms with Crippen molar-refractivity contribution in [2.75, 3.05) is 24.4 Å². The van der Waals surface area contributed by atoms with E-state index in [4.69, 9.17) is 9.84 Å². The van der Waals surface area contributed by atoms with Crippen molar-refractivity contribution in [3.63, 3.8) is 0 Å². The standard InChI is InChI=1S/C11H12N2O4/c1-17-5-8-10(14)13-9-6(11(15)16)3-2-4-7(9)12-8/h2-4,8,12H,5H2,1H3,(H,13,14)(H,15,16). The number of carbonyl (C=O) groups excluding carboxylic acids is 1. The lowest BCUT2D eigenvalue weighted by atomic mass is 10.1. The maximum absolute atomic E-state index is 11.7. The molecule has 1 amide bonds. The van der Waals surface area contributed by atoms with Gasteiger partial charge in [-0.05, 0) is 12.1 Å². The molecule has 6 heteroatoms. The van der Waals surface area contributed by atoms with E-state index in [0.717, 1.165) is 0 Å². The molecule has 0 radical (unpaired) electrons. The molecule has 1 aliphatic rings. The highest BCUT2D eigenvalue weighted by Gasteiger charge is 2.28. The number of fused-ring (bicyclic) bond motifs is 1. The van der Waals surface area contributed by atoms with E-state index in [1.807, 2.05) is 0 Å². The number of ether oxygens (including phenoxy) is 1. The Morgan fingerprint density at radius 2 is 2.29 bits per heavy atom. The summed E-state index contributed by atoms with van der Waals surface area (Å²) in [6.07, 6.45) is 0. The molecule has 0 bridgehead atoms. The van der Waals surface area contributed by atoms with Crippen LogP contribution < -0.4 is 10.6 Å².